The third kappa shape index (κ3) is 6.48. The molecule has 1 fully saturated rings. The third-order valence-corrected chi connectivity index (χ3v) is 8.53. The molecule has 0 bridgehead atoms. The molecule has 2 aliphatic heterocycles. The Morgan fingerprint density at radius 1 is 1.00 bits per heavy atom. The first-order valence-electron chi connectivity index (χ1n) is 13.1. The number of thioether (sulfide) groups is 1. The highest BCUT2D eigenvalue weighted by Crippen LogP contribution is 2.46. The van der Waals surface area contributed by atoms with Crippen molar-refractivity contribution in [3.63, 3.8) is 0 Å². The second-order valence-corrected chi connectivity index (χ2v) is 11.3. The molecule has 1 saturated heterocycles. The maximum atomic E-state index is 14.2. The fourth-order valence-electron chi connectivity index (χ4n) is 4.89. The zero-order valence-electron chi connectivity index (χ0n) is 21.6. The van der Waals surface area contributed by atoms with Crippen LogP contribution in [-0.2, 0) is 25.6 Å². The van der Waals surface area contributed by atoms with Gasteiger partial charge in [0.15, 0.2) is 0 Å². The molecule has 4 amide bonds. The molecule has 3 atom stereocenters. The molecule has 5 rings (SSSR count). The van der Waals surface area contributed by atoms with Gasteiger partial charge < -0.3 is 20.9 Å². The van der Waals surface area contributed by atoms with Gasteiger partial charge in [0.25, 0.3) is 5.91 Å². The Morgan fingerprint density at radius 3 is 2.42 bits per heavy atom. The van der Waals surface area contributed by atoms with Crippen LogP contribution in [0.15, 0.2) is 83.8 Å². The van der Waals surface area contributed by atoms with Crippen molar-refractivity contribution in [1.29, 1.82) is 0 Å². The number of carbonyl (C=O) groups excluding carboxylic acids is 4. The quantitative estimate of drug-likeness (QED) is 0.379. The zero-order chi connectivity index (χ0) is 28.1. The summed E-state index contributed by atoms with van der Waals surface area (Å²) < 4.78 is 0. The van der Waals surface area contributed by atoms with Crippen molar-refractivity contribution < 1.29 is 19.2 Å². The van der Waals surface area contributed by atoms with Crippen LogP contribution in [0.2, 0.25) is 5.02 Å². The Hall–Kier alpha value is -3.82. The molecule has 0 saturated carbocycles. The van der Waals surface area contributed by atoms with E-state index in [1.165, 1.54) is 16.7 Å². The summed E-state index contributed by atoms with van der Waals surface area (Å²) in [5, 5.41) is 8.48. The van der Waals surface area contributed by atoms with Gasteiger partial charge in [-0.2, -0.15) is 0 Å². The molecule has 40 heavy (non-hydrogen) atoms. The van der Waals surface area contributed by atoms with E-state index >= 15 is 0 Å². The van der Waals surface area contributed by atoms with Gasteiger partial charge in [-0.3, -0.25) is 19.2 Å². The molecule has 206 valence electrons. The predicted molar refractivity (Wildman–Crippen MR) is 155 cm³/mol. The van der Waals surface area contributed by atoms with Crippen LogP contribution in [0.5, 0.6) is 0 Å². The lowest BCUT2D eigenvalue weighted by Gasteiger charge is -2.29. The summed E-state index contributed by atoms with van der Waals surface area (Å²) in [7, 11) is 0. The van der Waals surface area contributed by atoms with Gasteiger partial charge in [-0.05, 0) is 42.2 Å². The van der Waals surface area contributed by atoms with E-state index in [2.05, 4.69) is 16.0 Å². The van der Waals surface area contributed by atoms with Crippen molar-refractivity contribution in [3.8, 4) is 0 Å². The Morgan fingerprint density at radius 2 is 1.73 bits per heavy atom. The maximum absolute atomic E-state index is 14.2. The monoisotopic (exact) mass is 576 g/mol. The van der Waals surface area contributed by atoms with Crippen molar-refractivity contribution in [3.05, 3.63) is 95.0 Å². The van der Waals surface area contributed by atoms with Crippen LogP contribution in [-0.4, -0.2) is 48.8 Å². The molecular weight excluding hydrogens is 548 g/mol. The van der Waals surface area contributed by atoms with Gasteiger partial charge in [0, 0.05) is 22.9 Å². The second-order valence-electron chi connectivity index (χ2n) is 9.72. The number of hydrogen-bond donors (Lipinski definition) is 3. The van der Waals surface area contributed by atoms with Gasteiger partial charge >= 0.3 is 0 Å². The molecule has 10 heteroatoms. The number of benzene rings is 3. The Kier molecular flexibility index (Phi) is 8.72. The number of fused-ring (bicyclic) bond motifs is 1. The normalized spacial score (nSPS) is 20.3. The molecule has 2 heterocycles. The minimum atomic E-state index is -0.999. The van der Waals surface area contributed by atoms with Crippen LogP contribution in [0, 0.1) is 0 Å². The molecule has 3 N–H and O–H groups in total. The van der Waals surface area contributed by atoms with Crippen LogP contribution in [0.3, 0.4) is 0 Å². The first-order chi connectivity index (χ1) is 19.4. The van der Waals surface area contributed by atoms with Gasteiger partial charge in [0.2, 0.25) is 17.7 Å². The van der Waals surface area contributed by atoms with E-state index < -0.39 is 29.1 Å². The third-order valence-electron chi connectivity index (χ3n) is 6.92. The summed E-state index contributed by atoms with van der Waals surface area (Å²) in [4.78, 5) is 54.4. The summed E-state index contributed by atoms with van der Waals surface area (Å²) in [6, 6.07) is 22.7. The number of nitrogens with zero attached hydrogens (tertiary/aromatic N) is 1. The lowest BCUT2D eigenvalue weighted by Crippen LogP contribution is -2.55. The number of carbonyl (C=O) groups is 4. The molecule has 0 spiro atoms. The van der Waals surface area contributed by atoms with Gasteiger partial charge in [-0.1, -0.05) is 72.3 Å². The second kappa shape index (κ2) is 12.6. The minimum Gasteiger partial charge on any atom is -0.354 e. The predicted octanol–water partition coefficient (Wildman–Crippen LogP) is 3.64. The molecule has 0 radical (unpaired) electrons. The molecule has 8 nitrogen and oxygen atoms in total. The molecule has 3 aromatic carbocycles. The largest absolute Gasteiger partial charge is 0.354 e. The minimum absolute atomic E-state index is 0.197. The average molecular weight is 577 g/mol. The van der Waals surface area contributed by atoms with Gasteiger partial charge in [0.05, 0.1) is 10.9 Å². The number of nitrogens with one attached hydrogen (secondary N) is 3. The summed E-state index contributed by atoms with van der Waals surface area (Å²) in [5.74, 6) is -1.36. The van der Waals surface area contributed by atoms with E-state index in [0.717, 1.165) is 16.0 Å². The summed E-state index contributed by atoms with van der Waals surface area (Å²) in [6.07, 6.45) is 1.27. The van der Waals surface area contributed by atoms with E-state index in [4.69, 9.17) is 11.6 Å². The first-order valence-corrected chi connectivity index (χ1v) is 14.4. The van der Waals surface area contributed by atoms with Crippen molar-refractivity contribution >= 4 is 52.7 Å². The Bertz CT molecular complexity index is 1410. The molecule has 2 aliphatic rings. The van der Waals surface area contributed by atoms with E-state index in [0.29, 0.717) is 30.1 Å². The maximum Gasteiger partial charge on any atom is 0.251 e. The number of rotatable bonds is 8. The van der Waals surface area contributed by atoms with E-state index in [1.54, 1.807) is 18.2 Å². The Labute approximate surface area is 241 Å². The highest BCUT2D eigenvalue weighted by atomic mass is 35.5. The SMILES string of the molecule is O=C(CN1C(=O)[C@H](NC(=O)[C@@H]2CCC(=O)N2)[C@H](c2ccccc2)Sc2cc(Cl)ccc21)NCCc1ccccc1. The number of hydrogen-bond acceptors (Lipinski definition) is 5. The van der Waals surface area contributed by atoms with Crippen LogP contribution in [0.25, 0.3) is 0 Å². The fourth-order valence-corrected chi connectivity index (χ4v) is 6.50. The first kappa shape index (κ1) is 27.7. The Balaban J connectivity index is 1.43. The lowest BCUT2D eigenvalue weighted by molar-refractivity contribution is -0.130. The van der Waals surface area contributed by atoms with Gasteiger partial charge in [-0.15, -0.1) is 11.8 Å². The number of halogens is 1. The number of anilines is 1. The van der Waals surface area contributed by atoms with Crippen LogP contribution >= 0.6 is 23.4 Å². The van der Waals surface area contributed by atoms with Crippen molar-refractivity contribution in [1.82, 2.24) is 16.0 Å². The zero-order valence-corrected chi connectivity index (χ0v) is 23.2. The summed E-state index contributed by atoms with van der Waals surface area (Å²) >= 11 is 7.76. The standard InChI is InChI=1S/C30H29ClN4O4S/c31-21-11-13-23-24(17-21)40-28(20-9-5-2-6-10-20)27(34-29(38)22-12-14-25(36)33-22)30(39)35(23)18-26(37)32-16-15-19-7-3-1-4-8-19/h1-11,13,17,22,27-28H,12,14-16,18H2,(H,32,37)(H,33,36)(H,34,38)/t22-,27+,28-/m0/s1. The summed E-state index contributed by atoms with van der Waals surface area (Å²) in [5.41, 5.74) is 2.48. The molecule has 0 unspecified atom stereocenters. The van der Waals surface area contributed by atoms with Crippen molar-refractivity contribution in [2.24, 2.45) is 0 Å². The average Bonchev–Trinajstić information content (AvgIpc) is 3.37. The molecular formula is C30H29ClN4O4S. The van der Waals surface area contributed by atoms with Gasteiger partial charge in [0.1, 0.15) is 18.6 Å². The van der Waals surface area contributed by atoms with E-state index in [1.807, 2.05) is 60.7 Å². The van der Waals surface area contributed by atoms with Crippen LogP contribution in [0.4, 0.5) is 5.69 Å². The smallest absolute Gasteiger partial charge is 0.251 e. The molecule has 0 aromatic heterocycles. The van der Waals surface area contributed by atoms with E-state index in [9.17, 15) is 19.2 Å². The van der Waals surface area contributed by atoms with Crippen molar-refractivity contribution in [2.45, 2.75) is 41.5 Å². The topological polar surface area (TPSA) is 108 Å². The number of amides is 4. The lowest BCUT2D eigenvalue weighted by atomic mass is 10.0. The summed E-state index contributed by atoms with van der Waals surface area (Å²) in [6.45, 7) is 0.193. The van der Waals surface area contributed by atoms with Crippen molar-refractivity contribution in [2.75, 3.05) is 18.0 Å². The highest BCUT2D eigenvalue weighted by molar-refractivity contribution is 7.99. The molecule has 0 aliphatic carbocycles. The molecule has 3 aromatic rings. The van der Waals surface area contributed by atoms with Crippen LogP contribution in [0.1, 0.15) is 29.2 Å². The highest BCUT2D eigenvalue weighted by Gasteiger charge is 2.41. The van der Waals surface area contributed by atoms with Crippen LogP contribution < -0.4 is 20.9 Å². The van der Waals surface area contributed by atoms with E-state index in [-0.39, 0.29) is 24.8 Å². The van der Waals surface area contributed by atoms with Gasteiger partial charge in [-0.25, -0.2) is 0 Å². The fraction of sp³-hybridized carbons (Fsp3) is 0.267.